The van der Waals surface area contributed by atoms with Gasteiger partial charge in [0.2, 0.25) is 0 Å². The van der Waals surface area contributed by atoms with Crippen molar-refractivity contribution < 1.29 is 0 Å². The van der Waals surface area contributed by atoms with Crippen molar-refractivity contribution in [3.05, 3.63) is 0 Å². The maximum absolute atomic E-state index is 3.65. The second kappa shape index (κ2) is 6.88. The van der Waals surface area contributed by atoms with Gasteiger partial charge in [-0.25, -0.2) is 0 Å². The van der Waals surface area contributed by atoms with E-state index in [9.17, 15) is 0 Å². The van der Waals surface area contributed by atoms with Crippen molar-refractivity contribution in [2.75, 3.05) is 33.7 Å². The van der Waals surface area contributed by atoms with Gasteiger partial charge in [-0.1, -0.05) is 6.92 Å². The van der Waals surface area contributed by atoms with E-state index in [0.29, 0.717) is 6.04 Å². The summed E-state index contributed by atoms with van der Waals surface area (Å²) in [5.41, 5.74) is 0.232. The van der Waals surface area contributed by atoms with Crippen LogP contribution in [-0.2, 0) is 0 Å². The molecular formula is C15H33N3. The third-order valence-electron chi connectivity index (χ3n) is 4.09. The molecule has 1 fully saturated rings. The Kier molecular flexibility index (Phi) is 6.09. The summed E-state index contributed by atoms with van der Waals surface area (Å²) in [5.74, 6) is 0. The van der Waals surface area contributed by atoms with Crippen LogP contribution in [0.4, 0.5) is 0 Å². The van der Waals surface area contributed by atoms with Crippen molar-refractivity contribution in [2.24, 2.45) is 0 Å². The monoisotopic (exact) mass is 255 g/mol. The molecule has 0 amide bonds. The average Bonchev–Trinajstić information content (AvgIpc) is 2.29. The number of nitrogens with one attached hydrogen (secondary N) is 1. The van der Waals surface area contributed by atoms with E-state index < -0.39 is 0 Å². The first-order valence-corrected chi connectivity index (χ1v) is 7.49. The van der Waals surface area contributed by atoms with Crippen molar-refractivity contribution in [1.82, 2.24) is 15.1 Å². The van der Waals surface area contributed by atoms with Crippen LogP contribution in [0.3, 0.4) is 0 Å². The lowest BCUT2D eigenvalue weighted by molar-refractivity contribution is 0.102. The van der Waals surface area contributed by atoms with E-state index in [1.54, 1.807) is 0 Å². The highest BCUT2D eigenvalue weighted by Gasteiger charge is 2.25. The molecule has 0 spiro atoms. The van der Waals surface area contributed by atoms with Gasteiger partial charge in [0.05, 0.1) is 0 Å². The van der Waals surface area contributed by atoms with Gasteiger partial charge in [0.25, 0.3) is 0 Å². The summed E-state index contributed by atoms with van der Waals surface area (Å²) in [6, 6.07) is 1.49. The largest absolute Gasteiger partial charge is 0.311 e. The second-order valence-corrected chi connectivity index (χ2v) is 6.92. The first kappa shape index (κ1) is 15.9. The Labute approximate surface area is 114 Å². The van der Waals surface area contributed by atoms with Crippen molar-refractivity contribution >= 4 is 0 Å². The van der Waals surface area contributed by atoms with E-state index in [0.717, 1.165) is 12.6 Å². The fourth-order valence-electron chi connectivity index (χ4n) is 2.72. The van der Waals surface area contributed by atoms with Gasteiger partial charge >= 0.3 is 0 Å². The average molecular weight is 255 g/mol. The quantitative estimate of drug-likeness (QED) is 0.812. The van der Waals surface area contributed by atoms with Gasteiger partial charge in [0.1, 0.15) is 0 Å². The molecule has 1 aliphatic heterocycles. The third kappa shape index (κ3) is 5.25. The number of rotatable bonds is 5. The first-order valence-electron chi connectivity index (χ1n) is 7.49. The zero-order chi connectivity index (χ0) is 13.8. The Morgan fingerprint density at radius 1 is 1.22 bits per heavy atom. The summed E-state index contributed by atoms with van der Waals surface area (Å²) in [6.45, 7) is 12.7. The van der Waals surface area contributed by atoms with Crippen LogP contribution in [0, 0.1) is 0 Å². The minimum Gasteiger partial charge on any atom is -0.311 e. The molecule has 18 heavy (non-hydrogen) atoms. The van der Waals surface area contributed by atoms with Gasteiger partial charge in [-0.15, -0.1) is 0 Å². The number of piperidine rings is 1. The Balaban J connectivity index is 2.38. The first-order chi connectivity index (χ1) is 8.33. The third-order valence-corrected chi connectivity index (χ3v) is 4.09. The van der Waals surface area contributed by atoms with Gasteiger partial charge in [-0.2, -0.15) is 0 Å². The van der Waals surface area contributed by atoms with Crippen LogP contribution in [0.1, 0.15) is 47.0 Å². The molecule has 3 nitrogen and oxygen atoms in total. The molecule has 0 aliphatic carbocycles. The fourth-order valence-corrected chi connectivity index (χ4v) is 2.72. The zero-order valence-electron chi connectivity index (χ0n) is 13.3. The standard InChI is InChI=1S/C15H33N3/c1-7-13(12-16-15(2,3)4)18-10-8-14(9-11-18)17(5)6/h13-14,16H,7-12H2,1-6H3. The molecule has 1 saturated heterocycles. The van der Waals surface area contributed by atoms with Crippen LogP contribution in [0.15, 0.2) is 0 Å². The topological polar surface area (TPSA) is 18.5 Å². The van der Waals surface area contributed by atoms with Crippen molar-refractivity contribution in [3.63, 3.8) is 0 Å². The molecule has 1 heterocycles. The van der Waals surface area contributed by atoms with Gasteiger partial charge < -0.3 is 10.2 Å². The molecule has 3 heteroatoms. The molecule has 1 atom stereocenters. The molecule has 0 bridgehead atoms. The summed E-state index contributed by atoms with van der Waals surface area (Å²) in [7, 11) is 4.41. The molecule has 108 valence electrons. The van der Waals surface area contributed by atoms with Crippen LogP contribution in [0.5, 0.6) is 0 Å². The fraction of sp³-hybridized carbons (Fsp3) is 1.00. The second-order valence-electron chi connectivity index (χ2n) is 6.92. The Morgan fingerprint density at radius 2 is 1.78 bits per heavy atom. The van der Waals surface area contributed by atoms with Gasteiger partial charge in [0.15, 0.2) is 0 Å². The SMILES string of the molecule is CCC(CNC(C)(C)C)N1CCC(N(C)C)CC1. The molecule has 0 aromatic rings. The van der Waals surface area contributed by atoms with Gasteiger partial charge in [-0.3, -0.25) is 4.90 Å². The van der Waals surface area contributed by atoms with E-state index in [1.165, 1.54) is 32.4 Å². The van der Waals surface area contributed by atoms with Crippen LogP contribution in [0.2, 0.25) is 0 Å². The Hall–Kier alpha value is -0.120. The summed E-state index contributed by atoms with van der Waals surface area (Å²) in [6.07, 6.45) is 3.88. The maximum Gasteiger partial charge on any atom is 0.0218 e. The number of hydrogen-bond donors (Lipinski definition) is 1. The Bertz CT molecular complexity index is 224. The summed E-state index contributed by atoms with van der Waals surface area (Å²) < 4.78 is 0. The number of nitrogens with zero attached hydrogens (tertiary/aromatic N) is 2. The molecular weight excluding hydrogens is 222 g/mol. The molecule has 1 N–H and O–H groups in total. The predicted octanol–water partition coefficient (Wildman–Crippen LogP) is 2.18. The molecule has 0 aromatic heterocycles. The van der Waals surface area contributed by atoms with Crippen LogP contribution < -0.4 is 5.32 Å². The van der Waals surface area contributed by atoms with Gasteiger partial charge in [0, 0.05) is 24.2 Å². The molecule has 1 rings (SSSR count). The highest BCUT2D eigenvalue weighted by atomic mass is 15.2. The lowest BCUT2D eigenvalue weighted by Crippen LogP contribution is -2.51. The van der Waals surface area contributed by atoms with Crippen molar-refractivity contribution in [3.8, 4) is 0 Å². The molecule has 1 aliphatic rings. The molecule has 0 radical (unpaired) electrons. The van der Waals surface area contributed by atoms with E-state index in [2.05, 4.69) is 56.9 Å². The zero-order valence-corrected chi connectivity index (χ0v) is 13.3. The summed E-state index contributed by atoms with van der Waals surface area (Å²) in [5, 5.41) is 3.65. The van der Waals surface area contributed by atoms with Crippen LogP contribution in [0.25, 0.3) is 0 Å². The van der Waals surface area contributed by atoms with E-state index in [4.69, 9.17) is 0 Å². The highest BCUT2D eigenvalue weighted by molar-refractivity contribution is 4.83. The lowest BCUT2D eigenvalue weighted by atomic mass is 10.0. The predicted molar refractivity (Wildman–Crippen MR) is 80.1 cm³/mol. The minimum atomic E-state index is 0.232. The minimum absolute atomic E-state index is 0.232. The van der Waals surface area contributed by atoms with E-state index in [1.807, 2.05) is 0 Å². The summed E-state index contributed by atoms with van der Waals surface area (Å²) in [4.78, 5) is 5.06. The van der Waals surface area contributed by atoms with Crippen LogP contribution >= 0.6 is 0 Å². The normalized spacial score (nSPS) is 21.5. The smallest absolute Gasteiger partial charge is 0.0218 e. The highest BCUT2D eigenvalue weighted by Crippen LogP contribution is 2.17. The molecule has 0 saturated carbocycles. The number of hydrogen-bond acceptors (Lipinski definition) is 3. The van der Waals surface area contributed by atoms with Crippen molar-refractivity contribution in [2.45, 2.75) is 64.6 Å². The van der Waals surface area contributed by atoms with E-state index >= 15 is 0 Å². The lowest BCUT2D eigenvalue weighted by Gasteiger charge is -2.40. The van der Waals surface area contributed by atoms with E-state index in [-0.39, 0.29) is 5.54 Å². The molecule has 1 unspecified atom stereocenters. The summed E-state index contributed by atoms with van der Waals surface area (Å²) >= 11 is 0. The number of likely N-dealkylation sites (tertiary alicyclic amines) is 1. The van der Waals surface area contributed by atoms with Crippen molar-refractivity contribution in [1.29, 1.82) is 0 Å². The Morgan fingerprint density at radius 3 is 2.17 bits per heavy atom. The van der Waals surface area contributed by atoms with Crippen LogP contribution in [-0.4, -0.2) is 61.2 Å². The maximum atomic E-state index is 3.65. The van der Waals surface area contributed by atoms with Gasteiger partial charge in [-0.05, 0) is 67.2 Å². The molecule has 0 aromatic carbocycles.